The fourth-order valence-corrected chi connectivity index (χ4v) is 2.75. The normalized spacial score (nSPS) is 11.9. The molecule has 2 aromatic heterocycles. The minimum atomic E-state index is -0.696. The summed E-state index contributed by atoms with van der Waals surface area (Å²) in [6.45, 7) is 1.85. The molecule has 27 heavy (non-hydrogen) atoms. The summed E-state index contributed by atoms with van der Waals surface area (Å²) < 4.78 is 1.23. The third kappa shape index (κ3) is 3.45. The first-order valence-corrected chi connectivity index (χ1v) is 8.10. The number of fused-ring (bicyclic) bond motifs is 1. The Morgan fingerprint density at radius 1 is 1.37 bits per heavy atom. The summed E-state index contributed by atoms with van der Waals surface area (Å²) in [5.74, 6) is -1.15. The monoisotopic (exact) mass is 368 g/mol. The van der Waals surface area contributed by atoms with Crippen molar-refractivity contribution in [3.63, 3.8) is 0 Å². The van der Waals surface area contributed by atoms with Gasteiger partial charge in [-0.2, -0.15) is 5.10 Å². The first kappa shape index (κ1) is 18.0. The molecule has 0 spiro atoms. The van der Waals surface area contributed by atoms with E-state index in [1.54, 1.807) is 12.1 Å². The summed E-state index contributed by atoms with van der Waals surface area (Å²) in [6.07, 6.45) is 3.15. The number of nitrogens with zero attached hydrogens (tertiary/aromatic N) is 4. The maximum Gasteiger partial charge on any atom is 0.270 e. The van der Waals surface area contributed by atoms with Crippen LogP contribution in [0.2, 0.25) is 0 Å². The van der Waals surface area contributed by atoms with Gasteiger partial charge in [-0.05, 0) is 18.1 Å². The second-order valence-electron chi connectivity index (χ2n) is 5.77. The smallest absolute Gasteiger partial charge is 0.270 e. The van der Waals surface area contributed by atoms with Gasteiger partial charge in [0.2, 0.25) is 0 Å². The van der Waals surface area contributed by atoms with Gasteiger partial charge in [0.1, 0.15) is 11.3 Å². The average molecular weight is 368 g/mol. The number of amides is 2. The van der Waals surface area contributed by atoms with Gasteiger partial charge in [0.25, 0.3) is 17.5 Å². The van der Waals surface area contributed by atoms with E-state index >= 15 is 0 Å². The predicted molar refractivity (Wildman–Crippen MR) is 95.1 cm³/mol. The van der Waals surface area contributed by atoms with Crippen LogP contribution in [0.25, 0.3) is 5.65 Å². The standard InChI is InChI=1S/C17H16N6O4/c1-2-13(10-4-3-5-11(8-10)23(26)27)21-17(25)14-6-7-19-16-12(15(18)24)9-20-22(14)16/h3-9,13H,2H2,1H3,(H2,18,24)(H,21,25). The fourth-order valence-electron chi connectivity index (χ4n) is 2.75. The van der Waals surface area contributed by atoms with Crippen LogP contribution in [0.1, 0.15) is 45.8 Å². The number of rotatable bonds is 6. The van der Waals surface area contributed by atoms with Crippen molar-refractivity contribution in [2.24, 2.45) is 5.73 Å². The molecule has 1 atom stereocenters. The van der Waals surface area contributed by atoms with Crippen LogP contribution < -0.4 is 11.1 Å². The highest BCUT2D eigenvalue weighted by atomic mass is 16.6. The molecule has 10 heteroatoms. The van der Waals surface area contributed by atoms with E-state index in [4.69, 9.17) is 5.73 Å². The number of primary amides is 1. The summed E-state index contributed by atoms with van der Waals surface area (Å²) in [7, 11) is 0. The lowest BCUT2D eigenvalue weighted by molar-refractivity contribution is -0.384. The van der Waals surface area contributed by atoms with E-state index in [-0.39, 0.29) is 22.6 Å². The van der Waals surface area contributed by atoms with Crippen molar-refractivity contribution < 1.29 is 14.5 Å². The lowest BCUT2D eigenvalue weighted by Crippen LogP contribution is -2.30. The Morgan fingerprint density at radius 3 is 2.81 bits per heavy atom. The van der Waals surface area contributed by atoms with E-state index in [0.717, 1.165) is 0 Å². The number of benzene rings is 1. The summed E-state index contributed by atoms with van der Waals surface area (Å²) in [6, 6.07) is 7.12. The van der Waals surface area contributed by atoms with Crippen LogP contribution in [-0.2, 0) is 0 Å². The lowest BCUT2D eigenvalue weighted by atomic mass is 10.0. The first-order chi connectivity index (χ1) is 12.9. The van der Waals surface area contributed by atoms with Crippen molar-refractivity contribution in [1.29, 1.82) is 0 Å². The first-order valence-electron chi connectivity index (χ1n) is 8.10. The zero-order valence-corrected chi connectivity index (χ0v) is 14.3. The third-order valence-electron chi connectivity index (χ3n) is 4.10. The largest absolute Gasteiger partial charge is 0.365 e. The van der Waals surface area contributed by atoms with Crippen molar-refractivity contribution in [2.75, 3.05) is 0 Å². The molecule has 0 fully saturated rings. The Balaban J connectivity index is 1.92. The second-order valence-corrected chi connectivity index (χ2v) is 5.77. The van der Waals surface area contributed by atoms with E-state index in [0.29, 0.717) is 12.0 Å². The number of carbonyl (C=O) groups excluding carboxylic acids is 2. The van der Waals surface area contributed by atoms with E-state index in [2.05, 4.69) is 15.4 Å². The Kier molecular flexibility index (Phi) is 4.79. The van der Waals surface area contributed by atoms with Gasteiger partial charge in [0.15, 0.2) is 5.65 Å². The van der Waals surface area contributed by atoms with E-state index in [9.17, 15) is 19.7 Å². The molecule has 0 saturated carbocycles. The number of non-ortho nitro benzene ring substituents is 1. The highest BCUT2D eigenvalue weighted by molar-refractivity contribution is 5.99. The molecule has 0 saturated heterocycles. The minimum Gasteiger partial charge on any atom is -0.365 e. The zero-order chi connectivity index (χ0) is 19.6. The molecule has 0 aliphatic rings. The molecule has 10 nitrogen and oxygen atoms in total. The minimum absolute atomic E-state index is 0.0512. The second kappa shape index (κ2) is 7.20. The Morgan fingerprint density at radius 2 is 2.15 bits per heavy atom. The van der Waals surface area contributed by atoms with Gasteiger partial charge < -0.3 is 11.1 Å². The van der Waals surface area contributed by atoms with E-state index in [1.807, 2.05) is 6.92 Å². The predicted octanol–water partition coefficient (Wildman–Crippen LogP) is 1.62. The van der Waals surface area contributed by atoms with Gasteiger partial charge >= 0.3 is 0 Å². The van der Waals surface area contributed by atoms with Crippen molar-refractivity contribution in [1.82, 2.24) is 19.9 Å². The number of hydrogen-bond donors (Lipinski definition) is 2. The Hall–Kier alpha value is -3.82. The maximum atomic E-state index is 12.7. The molecule has 3 N–H and O–H groups in total. The van der Waals surface area contributed by atoms with Gasteiger partial charge in [0.05, 0.1) is 17.2 Å². The molecule has 0 bridgehead atoms. The topological polar surface area (TPSA) is 146 Å². The quantitative estimate of drug-likeness (QED) is 0.499. The van der Waals surface area contributed by atoms with Crippen molar-refractivity contribution in [2.45, 2.75) is 19.4 Å². The van der Waals surface area contributed by atoms with Gasteiger partial charge in [-0.1, -0.05) is 19.1 Å². The number of nitro benzene ring substituents is 1. The lowest BCUT2D eigenvalue weighted by Gasteiger charge is -2.17. The molecule has 2 amide bonds. The summed E-state index contributed by atoms with van der Waals surface area (Å²) in [5.41, 5.74) is 6.29. The van der Waals surface area contributed by atoms with Crippen LogP contribution in [-0.4, -0.2) is 31.3 Å². The number of hydrogen-bond acceptors (Lipinski definition) is 6. The fraction of sp³-hybridized carbons (Fsp3) is 0.176. The third-order valence-corrected chi connectivity index (χ3v) is 4.10. The van der Waals surface area contributed by atoms with Crippen LogP contribution in [0.4, 0.5) is 5.69 Å². The molecule has 1 unspecified atom stereocenters. The highest BCUT2D eigenvalue weighted by Gasteiger charge is 2.20. The summed E-state index contributed by atoms with van der Waals surface area (Å²) >= 11 is 0. The molecule has 0 aliphatic heterocycles. The van der Waals surface area contributed by atoms with E-state index < -0.39 is 22.8 Å². The average Bonchev–Trinajstić information content (AvgIpc) is 3.10. The number of nitrogens with two attached hydrogens (primary N) is 1. The van der Waals surface area contributed by atoms with Gasteiger partial charge in [0, 0.05) is 18.3 Å². The molecule has 138 valence electrons. The van der Waals surface area contributed by atoms with Crippen LogP contribution >= 0.6 is 0 Å². The van der Waals surface area contributed by atoms with Crippen molar-refractivity contribution >= 4 is 23.1 Å². The number of aromatic nitrogens is 3. The van der Waals surface area contributed by atoms with Crippen LogP contribution in [0.3, 0.4) is 0 Å². The molecule has 1 aromatic carbocycles. The van der Waals surface area contributed by atoms with Gasteiger partial charge in [-0.15, -0.1) is 0 Å². The number of nitrogens with one attached hydrogen (secondary N) is 1. The van der Waals surface area contributed by atoms with Crippen LogP contribution in [0, 0.1) is 10.1 Å². The van der Waals surface area contributed by atoms with Gasteiger partial charge in [-0.3, -0.25) is 19.7 Å². The van der Waals surface area contributed by atoms with Gasteiger partial charge in [-0.25, -0.2) is 9.50 Å². The number of carbonyl (C=O) groups is 2. The molecule has 0 radical (unpaired) electrons. The summed E-state index contributed by atoms with van der Waals surface area (Å²) in [4.78, 5) is 38.7. The molecule has 2 heterocycles. The van der Waals surface area contributed by atoms with Crippen molar-refractivity contribution in [3.05, 3.63) is 69.7 Å². The molecular formula is C17H16N6O4. The Bertz CT molecular complexity index is 1040. The van der Waals surface area contributed by atoms with Crippen LogP contribution in [0.5, 0.6) is 0 Å². The van der Waals surface area contributed by atoms with Crippen LogP contribution in [0.15, 0.2) is 42.7 Å². The SMILES string of the molecule is CCC(NC(=O)c1ccnc2c(C(N)=O)cnn12)c1cccc([N+](=O)[O-])c1. The summed E-state index contributed by atoms with van der Waals surface area (Å²) in [5, 5.41) is 17.8. The highest BCUT2D eigenvalue weighted by Crippen LogP contribution is 2.22. The molecular weight excluding hydrogens is 352 g/mol. The molecule has 3 aromatic rings. The zero-order valence-electron chi connectivity index (χ0n) is 14.3. The van der Waals surface area contributed by atoms with Crippen molar-refractivity contribution in [3.8, 4) is 0 Å². The molecule has 3 rings (SSSR count). The van der Waals surface area contributed by atoms with E-state index in [1.165, 1.54) is 35.1 Å². The maximum absolute atomic E-state index is 12.7. The number of nitro groups is 1. The Labute approximate surface area is 153 Å². The molecule has 0 aliphatic carbocycles.